The monoisotopic (exact) mass is 320 g/mol. The smallest absolute Gasteiger partial charge is 0.255 e. The van der Waals surface area contributed by atoms with Crippen molar-refractivity contribution in [1.29, 1.82) is 0 Å². The summed E-state index contributed by atoms with van der Waals surface area (Å²) < 4.78 is 10.8. The van der Waals surface area contributed by atoms with Crippen LogP contribution in [0.4, 0.5) is 5.13 Å². The van der Waals surface area contributed by atoms with Crippen LogP contribution in [0.1, 0.15) is 23.1 Å². The van der Waals surface area contributed by atoms with Crippen molar-refractivity contribution in [3.63, 3.8) is 0 Å². The van der Waals surface area contributed by atoms with E-state index in [-0.39, 0.29) is 5.91 Å². The van der Waals surface area contributed by atoms with Crippen LogP contribution in [0.5, 0.6) is 5.75 Å². The number of ether oxygens (including phenoxy) is 2. The molecule has 0 spiro atoms. The summed E-state index contributed by atoms with van der Waals surface area (Å²) in [6.45, 7) is 5.97. The second kappa shape index (κ2) is 7.38. The lowest BCUT2D eigenvalue weighted by Crippen LogP contribution is -2.27. The predicted octanol–water partition coefficient (Wildman–Crippen LogP) is 3.31. The van der Waals surface area contributed by atoms with Crippen molar-refractivity contribution < 1.29 is 14.3 Å². The highest BCUT2D eigenvalue weighted by Gasteiger charge is 2.16. The number of thiazole rings is 1. The molecule has 0 fully saturated rings. The van der Waals surface area contributed by atoms with E-state index in [1.54, 1.807) is 14.0 Å². The molecule has 0 bridgehead atoms. The van der Waals surface area contributed by atoms with Crippen LogP contribution in [0, 0.1) is 13.8 Å². The van der Waals surface area contributed by atoms with Crippen LogP contribution >= 0.6 is 11.3 Å². The molecule has 0 radical (unpaired) electrons. The zero-order chi connectivity index (χ0) is 16.1. The molecule has 1 atom stereocenters. The van der Waals surface area contributed by atoms with Gasteiger partial charge in [0.1, 0.15) is 11.9 Å². The number of hydrogen-bond acceptors (Lipinski definition) is 5. The molecule has 0 unspecified atom stereocenters. The van der Waals surface area contributed by atoms with Crippen LogP contribution in [0.25, 0.3) is 0 Å². The van der Waals surface area contributed by atoms with Gasteiger partial charge in [0.2, 0.25) is 0 Å². The third-order valence-electron chi connectivity index (χ3n) is 3.26. The van der Waals surface area contributed by atoms with Gasteiger partial charge in [-0.1, -0.05) is 12.1 Å². The van der Waals surface area contributed by atoms with Crippen molar-refractivity contribution in [1.82, 2.24) is 4.98 Å². The SMILES string of the molecule is COc1cccc(CO[C@@H](C)C(=O)Nc2nc(C)c(C)s2)c1. The van der Waals surface area contributed by atoms with Crippen molar-refractivity contribution in [3.8, 4) is 5.75 Å². The summed E-state index contributed by atoms with van der Waals surface area (Å²) in [4.78, 5) is 17.5. The first-order chi connectivity index (χ1) is 10.5. The van der Waals surface area contributed by atoms with Crippen LogP contribution in [0.3, 0.4) is 0 Å². The van der Waals surface area contributed by atoms with E-state index in [1.807, 2.05) is 38.1 Å². The Morgan fingerprint density at radius 3 is 2.82 bits per heavy atom. The number of aromatic nitrogens is 1. The fourth-order valence-electron chi connectivity index (χ4n) is 1.79. The van der Waals surface area contributed by atoms with E-state index in [2.05, 4.69) is 10.3 Å². The molecule has 22 heavy (non-hydrogen) atoms. The van der Waals surface area contributed by atoms with E-state index in [0.29, 0.717) is 11.7 Å². The first-order valence-corrected chi connectivity index (χ1v) is 7.80. The number of hydrogen-bond donors (Lipinski definition) is 1. The summed E-state index contributed by atoms with van der Waals surface area (Å²) in [5.41, 5.74) is 1.89. The number of nitrogens with one attached hydrogen (secondary N) is 1. The Balaban J connectivity index is 1.88. The third-order valence-corrected chi connectivity index (χ3v) is 4.25. The number of aryl methyl sites for hydroxylation is 2. The number of nitrogens with zero attached hydrogens (tertiary/aromatic N) is 1. The molecule has 1 N–H and O–H groups in total. The van der Waals surface area contributed by atoms with Crippen molar-refractivity contribution in [2.75, 3.05) is 12.4 Å². The summed E-state index contributed by atoms with van der Waals surface area (Å²) in [6, 6.07) is 7.58. The normalized spacial score (nSPS) is 12.0. The van der Waals surface area contributed by atoms with Crippen molar-refractivity contribution in [2.24, 2.45) is 0 Å². The molecular weight excluding hydrogens is 300 g/mol. The van der Waals surface area contributed by atoms with Gasteiger partial charge in [-0.2, -0.15) is 0 Å². The predicted molar refractivity (Wildman–Crippen MR) is 87.5 cm³/mol. The highest BCUT2D eigenvalue weighted by molar-refractivity contribution is 7.15. The molecule has 2 aromatic rings. The number of rotatable bonds is 6. The molecule has 118 valence electrons. The number of anilines is 1. The maximum atomic E-state index is 12.1. The van der Waals surface area contributed by atoms with Crippen LogP contribution in [-0.4, -0.2) is 24.1 Å². The topological polar surface area (TPSA) is 60.5 Å². The minimum atomic E-state index is -0.560. The van der Waals surface area contributed by atoms with Gasteiger partial charge in [0.25, 0.3) is 5.91 Å². The summed E-state index contributed by atoms with van der Waals surface area (Å²) in [5, 5.41) is 3.39. The summed E-state index contributed by atoms with van der Waals surface area (Å²) in [7, 11) is 1.62. The van der Waals surface area contributed by atoms with Gasteiger partial charge in [-0.3, -0.25) is 10.1 Å². The highest BCUT2D eigenvalue weighted by atomic mass is 32.1. The molecule has 0 saturated heterocycles. The van der Waals surface area contributed by atoms with Gasteiger partial charge in [0.15, 0.2) is 5.13 Å². The van der Waals surface area contributed by atoms with E-state index in [1.165, 1.54) is 11.3 Å². The highest BCUT2D eigenvalue weighted by Crippen LogP contribution is 2.21. The van der Waals surface area contributed by atoms with E-state index >= 15 is 0 Å². The average molecular weight is 320 g/mol. The lowest BCUT2D eigenvalue weighted by atomic mass is 10.2. The Morgan fingerprint density at radius 1 is 1.41 bits per heavy atom. The largest absolute Gasteiger partial charge is 0.497 e. The van der Waals surface area contributed by atoms with E-state index in [9.17, 15) is 4.79 Å². The molecule has 1 amide bonds. The van der Waals surface area contributed by atoms with E-state index in [4.69, 9.17) is 9.47 Å². The van der Waals surface area contributed by atoms with Gasteiger partial charge < -0.3 is 9.47 Å². The maximum Gasteiger partial charge on any atom is 0.255 e. The molecule has 1 heterocycles. The fraction of sp³-hybridized carbons (Fsp3) is 0.375. The minimum absolute atomic E-state index is 0.198. The molecule has 0 saturated carbocycles. The van der Waals surface area contributed by atoms with Crippen molar-refractivity contribution in [3.05, 3.63) is 40.4 Å². The van der Waals surface area contributed by atoms with Gasteiger partial charge >= 0.3 is 0 Å². The fourth-order valence-corrected chi connectivity index (χ4v) is 2.61. The molecule has 6 heteroatoms. The quantitative estimate of drug-likeness (QED) is 0.887. The average Bonchev–Trinajstić information content (AvgIpc) is 2.82. The van der Waals surface area contributed by atoms with Gasteiger partial charge in [0.05, 0.1) is 19.4 Å². The third kappa shape index (κ3) is 4.29. The van der Waals surface area contributed by atoms with Crippen LogP contribution < -0.4 is 10.1 Å². The molecule has 2 rings (SSSR count). The Hall–Kier alpha value is -1.92. The van der Waals surface area contributed by atoms with E-state index in [0.717, 1.165) is 21.9 Å². The molecule has 0 aliphatic carbocycles. The first kappa shape index (κ1) is 16.5. The zero-order valence-electron chi connectivity index (χ0n) is 13.2. The standard InChI is InChI=1S/C16H20N2O3S/c1-10-12(3)22-16(17-10)18-15(19)11(2)21-9-13-6-5-7-14(8-13)20-4/h5-8,11H,9H2,1-4H3,(H,17,18,19)/t11-/m0/s1. The van der Waals surface area contributed by atoms with Gasteiger partial charge in [-0.05, 0) is 38.5 Å². The molecule has 1 aromatic heterocycles. The summed E-state index contributed by atoms with van der Waals surface area (Å²) in [6.07, 6.45) is -0.560. The lowest BCUT2D eigenvalue weighted by molar-refractivity contribution is -0.127. The Labute approximate surface area is 134 Å². The molecule has 1 aromatic carbocycles. The van der Waals surface area contributed by atoms with Gasteiger partial charge in [-0.25, -0.2) is 4.98 Å². The first-order valence-electron chi connectivity index (χ1n) is 6.99. The summed E-state index contributed by atoms with van der Waals surface area (Å²) in [5.74, 6) is 0.573. The molecule has 5 nitrogen and oxygen atoms in total. The Morgan fingerprint density at radius 2 is 2.18 bits per heavy atom. The van der Waals surface area contributed by atoms with Gasteiger partial charge in [0, 0.05) is 4.88 Å². The van der Waals surface area contributed by atoms with Gasteiger partial charge in [-0.15, -0.1) is 11.3 Å². The van der Waals surface area contributed by atoms with Crippen molar-refractivity contribution in [2.45, 2.75) is 33.5 Å². The number of benzene rings is 1. The Bertz CT molecular complexity index is 635. The number of methoxy groups -OCH3 is 1. The minimum Gasteiger partial charge on any atom is -0.497 e. The summed E-state index contributed by atoms with van der Waals surface area (Å²) >= 11 is 1.46. The van der Waals surface area contributed by atoms with E-state index < -0.39 is 6.10 Å². The Kier molecular flexibility index (Phi) is 5.51. The number of carbonyl (C=O) groups excluding carboxylic acids is 1. The van der Waals surface area contributed by atoms with Crippen LogP contribution in [0.15, 0.2) is 24.3 Å². The van der Waals surface area contributed by atoms with Crippen LogP contribution in [0.2, 0.25) is 0 Å². The zero-order valence-corrected chi connectivity index (χ0v) is 14.0. The second-order valence-corrected chi connectivity index (χ2v) is 6.16. The van der Waals surface area contributed by atoms with Crippen LogP contribution in [-0.2, 0) is 16.1 Å². The molecule has 0 aliphatic rings. The maximum absolute atomic E-state index is 12.1. The number of carbonyl (C=O) groups is 1. The molecular formula is C16H20N2O3S. The number of amides is 1. The lowest BCUT2D eigenvalue weighted by Gasteiger charge is -2.12. The second-order valence-electron chi connectivity index (χ2n) is 4.95. The molecule has 0 aliphatic heterocycles. The van der Waals surface area contributed by atoms with Crippen molar-refractivity contribution >= 4 is 22.4 Å².